The van der Waals surface area contributed by atoms with Gasteiger partial charge in [0.1, 0.15) is 5.00 Å². The highest BCUT2D eigenvalue weighted by atomic mass is 32.1. The van der Waals surface area contributed by atoms with Crippen molar-refractivity contribution in [3.05, 3.63) is 51.9 Å². The molecule has 2 aromatic rings. The van der Waals surface area contributed by atoms with E-state index in [1.807, 2.05) is 49.1 Å². The van der Waals surface area contributed by atoms with Crippen LogP contribution in [0.2, 0.25) is 0 Å². The van der Waals surface area contributed by atoms with Crippen molar-refractivity contribution in [2.24, 2.45) is 0 Å². The number of thiophene rings is 1. The average Bonchev–Trinajstić information content (AvgIpc) is 3.18. The predicted octanol–water partition coefficient (Wildman–Crippen LogP) is 4.75. The molecule has 8 heteroatoms. The number of hydrogen-bond acceptors (Lipinski definition) is 6. The van der Waals surface area contributed by atoms with Crippen LogP contribution in [0.25, 0.3) is 0 Å². The highest BCUT2D eigenvalue weighted by Crippen LogP contribution is 2.34. The van der Waals surface area contributed by atoms with Crippen LogP contribution in [0.3, 0.4) is 0 Å². The number of rotatable bonds is 10. The molecule has 1 N–H and O–H groups in total. The Morgan fingerprint density at radius 2 is 1.80 bits per heavy atom. The van der Waals surface area contributed by atoms with Gasteiger partial charge in [-0.15, -0.1) is 11.3 Å². The van der Waals surface area contributed by atoms with Crippen molar-refractivity contribution in [1.82, 2.24) is 9.80 Å². The summed E-state index contributed by atoms with van der Waals surface area (Å²) >= 11 is 1.43. The van der Waals surface area contributed by atoms with Gasteiger partial charge in [-0.3, -0.25) is 14.5 Å². The minimum atomic E-state index is -0.384. The minimum Gasteiger partial charge on any atom is -0.462 e. The smallest absolute Gasteiger partial charge is 0.341 e. The largest absolute Gasteiger partial charge is 0.462 e. The second kappa shape index (κ2) is 12.8. The van der Waals surface area contributed by atoms with Crippen molar-refractivity contribution in [3.63, 3.8) is 0 Å². The number of carbonyl (C=O) groups excluding carboxylic acids is 3. The molecule has 1 saturated heterocycles. The molecule has 0 atom stereocenters. The zero-order chi connectivity index (χ0) is 25.4. The Bertz CT molecular complexity index is 1010. The van der Waals surface area contributed by atoms with Gasteiger partial charge in [-0.1, -0.05) is 32.0 Å². The molecule has 0 bridgehead atoms. The number of amides is 2. The molecule has 1 aromatic carbocycles. The van der Waals surface area contributed by atoms with Gasteiger partial charge in [0, 0.05) is 29.6 Å². The van der Waals surface area contributed by atoms with Gasteiger partial charge < -0.3 is 15.0 Å². The van der Waals surface area contributed by atoms with E-state index in [9.17, 15) is 14.4 Å². The summed E-state index contributed by atoms with van der Waals surface area (Å²) in [4.78, 5) is 43.6. The summed E-state index contributed by atoms with van der Waals surface area (Å²) in [5, 5.41) is 3.57. The lowest BCUT2D eigenvalue weighted by molar-refractivity contribution is -0.118. The molecular formula is C27H37N3O4S. The topological polar surface area (TPSA) is 79.0 Å². The molecule has 2 heterocycles. The second-order valence-electron chi connectivity index (χ2n) is 8.82. The van der Waals surface area contributed by atoms with E-state index in [1.165, 1.54) is 11.3 Å². The quantitative estimate of drug-likeness (QED) is 0.477. The number of likely N-dealkylation sites (tertiary alicyclic amines) is 1. The number of aryl methyl sites for hydroxylation is 1. The van der Waals surface area contributed by atoms with Crippen LogP contribution in [0.1, 0.15) is 71.2 Å². The number of carbonyl (C=O) groups is 3. The molecule has 1 fully saturated rings. The van der Waals surface area contributed by atoms with Crippen molar-refractivity contribution in [2.75, 3.05) is 38.1 Å². The monoisotopic (exact) mass is 499 g/mol. The summed E-state index contributed by atoms with van der Waals surface area (Å²) < 4.78 is 5.26. The first-order chi connectivity index (χ1) is 16.9. The second-order valence-corrected chi connectivity index (χ2v) is 10.0. The lowest BCUT2D eigenvalue weighted by Crippen LogP contribution is -2.49. The number of anilines is 1. The highest BCUT2D eigenvalue weighted by Gasteiger charge is 2.29. The first kappa shape index (κ1) is 26.9. The van der Waals surface area contributed by atoms with E-state index in [-0.39, 0.29) is 30.4 Å². The van der Waals surface area contributed by atoms with Gasteiger partial charge in [0.05, 0.1) is 18.7 Å². The fourth-order valence-electron chi connectivity index (χ4n) is 4.74. The summed E-state index contributed by atoms with van der Waals surface area (Å²) in [5.74, 6) is -0.448. The number of piperidine rings is 1. The molecule has 7 nitrogen and oxygen atoms in total. The van der Waals surface area contributed by atoms with Crippen LogP contribution in [-0.2, 0) is 16.0 Å². The van der Waals surface area contributed by atoms with Gasteiger partial charge in [0.15, 0.2) is 0 Å². The van der Waals surface area contributed by atoms with Gasteiger partial charge in [-0.05, 0) is 63.8 Å². The Morgan fingerprint density at radius 3 is 2.40 bits per heavy atom. The van der Waals surface area contributed by atoms with Crippen molar-refractivity contribution in [2.45, 2.75) is 59.4 Å². The van der Waals surface area contributed by atoms with E-state index in [0.29, 0.717) is 42.2 Å². The summed E-state index contributed by atoms with van der Waals surface area (Å²) in [6, 6.07) is 9.61. The fourth-order valence-corrected chi connectivity index (χ4v) is 5.89. The third-order valence-corrected chi connectivity index (χ3v) is 7.50. The zero-order valence-corrected chi connectivity index (χ0v) is 22.1. The molecule has 35 heavy (non-hydrogen) atoms. The number of hydrogen-bond donors (Lipinski definition) is 1. The van der Waals surface area contributed by atoms with Gasteiger partial charge >= 0.3 is 5.97 Å². The Hall–Kier alpha value is -2.71. The van der Waals surface area contributed by atoms with E-state index in [4.69, 9.17) is 4.74 Å². The molecule has 0 radical (unpaired) electrons. The number of nitrogens with zero attached hydrogens (tertiary/aromatic N) is 2. The van der Waals surface area contributed by atoms with Crippen molar-refractivity contribution in [1.29, 1.82) is 0 Å². The molecule has 0 spiro atoms. The number of ether oxygens (including phenoxy) is 1. The summed E-state index contributed by atoms with van der Waals surface area (Å²) in [7, 11) is 0. The van der Waals surface area contributed by atoms with Crippen molar-refractivity contribution < 1.29 is 19.1 Å². The molecule has 1 aliphatic heterocycles. The third kappa shape index (κ3) is 6.70. The lowest BCUT2D eigenvalue weighted by atomic mass is 10.0. The Morgan fingerprint density at radius 1 is 1.11 bits per heavy atom. The minimum absolute atomic E-state index is 0.0649. The van der Waals surface area contributed by atoms with Gasteiger partial charge in [0.2, 0.25) is 5.91 Å². The van der Waals surface area contributed by atoms with Crippen LogP contribution in [0.5, 0.6) is 0 Å². The van der Waals surface area contributed by atoms with Crippen molar-refractivity contribution >= 4 is 34.1 Å². The van der Waals surface area contributed by atoms with Crippen LogP contribution >= 0.6 is 11.3 Å². The SMILES string of the molecule is CCCN(CC(=O)Nc1sc(C)c(CC)c1C(=O)OCC)C1CCN(C(=O)c2ccccc2)CC1. The molecule has 0 saturated carbocycles. The molecule has 190 valence electrons. The first-order valence-electron chi connectivity index (χ1n) is 12.6. The average molecular weight is 500 g/mol. The van der Waals surface area contributed by atoms with E-state index in [1.54, 1.807) is 6.92 Å². The third-order valence-electron chi connectivity index (χ3n) is 6.44. The molecule has 3 rings (SSSR count). The lowest BCUT2D eigenvalue weighted by Gasteiger charge is -2.38. The molecule has 1 aliphatic rings. The van der Waals surface area contributed by atoms with E-state index < -0.39 is 0 Å². The standard InChI is InChI=1S/C27H37N3O4S/c1-5-15-30(21-13-16-29(17-14-21)26(32)20-11-9-8-10-12-20)18-23(31)28-25-24(27(33)34-7-3)22(6-2)19(4)35-25/h8-12,21H,5-7,13-18H2,1-4H3,(H,28,31). The van der Waals surface area contributed by atoms with Crippen LogP contribution < -0.4 is 5.32 Å². The summed E-state index contributed by atoms with van der Waals surface area (Å²) in [6.07, 6.45) is 3.30. The Kier molecular flexibility index (Phi) is 9.86. The van der Waals surface area contributed by atoms with E-state index in [2.05, 4.69) is 17.1 Å². The number of nitrogens with one attached hydrogen (secondary N) is 1. The maximum absolute atomic E-state index is 13.1. The molecule has 2 amide bonds. The van der Waals surface area contributed by atoms with Crippen LogP contribution in [-0.4, -0.2) is 66.4 Å². The highest BCUT2D eigenvalue weighted by molar-refractivity contribution is 7.16. The van der Waals surface area contributed by atoms with Crippen molar-refractivity contribution in [3.8, 4) is 0 Å². The van der Waals surface area contributed by atoms with Gasteiger partial charge in [0.25, 0.3) is 5.91 Å². The first-order valence-corrected chi connectivity index (χ1v) is 13.4. The predicted molar refractivity (Wildman–Crippen MR) is 140 cm³/mol. The maximum Gasteiger partial charge on any atom is 0.341 e. The van der Waals surface area contributed by atoms with E-state index in [0.717, 1.165) is 36.2 Å². The van der Waals surface area contributed by atoms with Crippen LogP contribution in [0.4, 0.5) is 5.00 Å². The fraction of sp³-hybridized carbons (Fsp3) is 0.519. The number of esters is 1. The van der Waals surface area contributed by atoms with Gasteiger partial charge in [-0.25, -0.2) is 4.79 Å². The van der Waals surface area contributed by atoms with Crippen LogP contribution in [0.15, 0.2) is 30.3 Å². The maximum atomic E-state index is 13.1. The van der Waals surface area contributed by atoms with Gasteiger partial charge in [-0.2, -0.15) is 0 Å². The Balaban J connectivity index is 1.64. The van der Waals surface area contributed by atoms with E-state index >= 15 is 0 Å². The zero-order valence-electron chi connectivity index (χ0n) is 21.3. The molecular weight excluding hydrogens is 462 g/mol. The molecule has 1 aromatic heterocycles. The van der Waals surface area contributed by atoms with Crippen LogP contribution in [0, 0.1) is 6.92 Å². The number of benzene rings is 1. The Labute approximate surface area is 212 Å². The normalized spacial score (nSPS) is 14.3. The summed E-state index contributed by atoms with van der Waals surface area (Å²) in [5.41, 5.74) is 2.13. The summed E-state index contributed by atoms with van der Waals surface area (Å²) in [6.45, 7) is 10.6. The molecule has 0 aliphatic carbocycles. The molecule has 0 unspecified atom stereocenters.